The zero-order chi connectivity index (χ0) is 12.8. The van der Waals surface area contributed by atoms with Gasteiger partial charge in [0.25, 0.3) is 0 Å². The van der Waals surface area contributed by atoms with Crippen LogP contribution in [-0.4, -0.2) is 12.6 Å². The molecule has 0 bridgehead atoms. The van der Waals surface area contributed by atoms with Crippen LogP contribution in [0.5, 0.6) is 0 Å². The first kappa shape index (κ1) is 14.1. The lowest BCUT2D eigenvalue weighted by atomic mass is 9.96. The van der Waals surface area contributed by atoms with E-state index in [4.69, 9.17) is 0 Å². The van der Waals surface area contributed by atoms with Crippen molar-refractivity contribution >= 4 is 0 Å². The van der Waals surface area contributed by atoms with Crippen LogP contribution in [0.3, 0.4) is 0 Å². The predicted molar refractivity (Wildman–Crippen MR) is 67.0 cm³/mol. The average molecular weight is 241 g/mol. The Kier molecular flexibility index (Phi) is 5.56. The van der Waals surface area contributed by atoms with Crippen LogP contribution in [0.1, 0.15) is 32.8 Å². The summed E-state index contributed by atoms with van der Waals surface area (Å²) in [4.78, 5) is 0. The fourth-order valence-electron chi connectivity index (χ4n) is 1.76. The summed E-state index contributed by atoms with van der Waals surface area (Å²) in [6, 6.07) is 4.25. The zero-order valence-electron chi connectivity index (χ0n) is 10.8. The fraction of sp³-hybridized carbons (Fsp3) is 0.571. The van der Waals surface area contributed by atoms with Crippen LogP contribution in [0.4, 0.5) is 8.78 Å². The van der Waals surface area contributed by atoms with Gasteiger partial charge < -0.3 is 5.32 Å². The topological polar surface area (TPSA) is 12.0 Å². The molecule has 0 aliphatic carbocycles. The van der Waals surface area contributed by atoms with Crippen molar-refractivity contribution in [1.29, 1.82) is 0 Å². The van der Waals surface area contributed by atoms with E-state index in [-0.39, 0.29) is 0 Å². The Morgan fingerprint density at radius 2 is 1.94 bits per heavy atom. The van der Waals surface area contributed by atoms with Gasteiger partial charge in [0.1, 0.15) is 11.6 Å². The van der Waals surface area contributed by atoms with Crippen LogP contribution in [-0.2, 0) is 6.42 Å². The van der Waals surface area contributed by atoms with E-state index in [0.29, 0.717) is 23.9 Å². The van der Waals surface area contributed by atoms with Gasteiger partial charge in [0.2, 0.25) is 0 Å². The third-order valence-electron chi connectivity index (χ3n) is 2.92. The standard InChI is InChI=1S/C14H21F2N/c1-4-11(9-17-10(2)3)7-12-5-6-13(15)8-14(12)16/h5-6,8,10-11,17H,4,7,9H2,1-3H3. The highest BCUT2D eigenvalue weighted by Crippen LogP contribution is 2.16. The lowest BCUT2D eigenvalue weighted by Crippen LogP contribution is -2.29. The van der Waals surface area contributed by atoms with Gasteiger partial charge in [-0.3, -0.25) is 0 Å². The smallest absolute Gasteiger partial charge is 0.129 e. The minimum absolute atomic E-state index is 0.386. The number of nitrogens with one attached hydrogen (secondary N) is 1. The summed E-state index contributed by atoms with van der Waals surface area (Å²) in [6.07, 6.45) is 1.64. The Bertz CT molecular complexity index is 350. The van der Waals surface area contributed by atoms with E-state index in [2.05, 4.69) is 26.1 Å². The summed E-state index contributed by atoms with van der Waals surface area (Å²) in [7, 11) is 0. The van der Waals surface area contributed by atoms with Gasteiger partial charge in [-0.05, 0) is 30.5 Å². The van der Waals surface area contributed by atoms with Crippen LogP contribution in [0.15, 0.2) is 18.2 Å². The second-order valence-electron chi connectivity index (χ2n) is 4.78. The molecule has 3 heteroatoms. The normalized spacial score (nSPS) is 13.1. The number of rotatable bonds is 6. The molecular weight excluding hydrogens is 220 g/mol. The van der Waals surface area contributed by atoms with Gasteiger partial charge in [0.05, 0.1) is 0 Å². The molecule has 1 aromatic carbocycles. The molecule has 96 valence electrons. The maximum atomic E-state index is 13.5. The van der Waals surface area contributed by atoms with Gasteiger partial charge in [-0.25, -0.2) is 8.78 Å². The first-order valence-corrected chi connectivity index (χ1v) is 6.20. The molecule has 0 heterocycles. The summed E-state index contributed by atoms with van der Waals surface area (Å²) in [5.74, 6) is -0.565. The molecule has 17 heavy (non-hydrogen) atoms. The van der Waals surface area contributed by atoms with Crippen molar-refractivity contribution in [2.75, 3.05) is 6.54 Å². The van der Waals surface area contributed by atoms with Crippen molar-refractivity contribution in [2.45, 2.75) is 39.7 Å². The first-order chi connectivity index (χ1) is 8.02. The monoisotopic (exact) mass is 241 g/mol. The molecule has 1 atom stereocenters. The molecule has 0 aliphatic heterocycles. The molecule has 0 aliphatic rings. The average Bonchev–Trinajstić information content (AvgIpc) is 2.26. The lowest BCUT2D eigenvalue weighted by Gasteiger charge is -2.18. The van der Waals surface area contributed by atoms with Crippen LogP contribution in [0, 0.1) is 17.6 Å². The minimum atomic E-state index is -0.514. The maximum Gasteiger partial charge on any atom is 0.129 e. The molecule has 1 N–H and O–H groups in total. The van der Waals surface area contributed by atoms with E-state index in [1.54, 1.807) is 6.07 Å². The maximum absolute atomic E-state index is 13.5. The van der Waals surface area contributed by atoms with E-state index in [1.807, 2.05) is 0 Å². The highest BCUT2D eigenvalue weighted by atomic mass is 19.1. The summed E-state index contributed by atoms with van der Waals surface area (Å²) in [5.41, 5.74) is 0.601. The Hall–Kier alpha value is -0.960. The minimum Gasteiger partial charge on any atom is -0.314 e. The number of halogens is 2. The molecule has 0 aromatic heterocycles. The quantitative estimate of drug-likeness (QED) is 0.803. The molecule has 0 radical (unpaired) electrons. The molecule has 1 aromatic rings. The van der Waals surface area contributed by atoms with E-state index in [1.165, 1.54) is 6.07 Å². The Morgan fingerprint density at radius 3 is 2.47 bits per heavy atom. The highest BCUT2D eigenvalue weighted by Gasteiger charge is 2.11. The number of benzene rings is 1. The van der Waals surface area contributed by atoms with Crippen molar-refractivity contribution in [3.05, 3.63) is 35.4 Å². The van der Waals surface area contributed by atoms with Gasteiger partial charge in [-0.1, -0.05) is 33.3 Å². The zero-order valence-corrected chi connectivity index (χ0v) is 10.8. The largest absolute Gasteiger partial charge is 0.314 e. The van der Waals surface area contributed by atoms with E-state index in [9.17, 15) is 8.78 Å². The second-order valence-corrected chi connectivity index (χ2v) is 4.78. The van der Waals surface area contributed by atoms with Crippen LogP contribution in [0.25, 0.3) is 0 Å². The van der Waals surface area contributed by atoms with Gasteiger partial charge in [0.15, 0.2) is 0 Å². The molecule has 0 spiro atoms. The summed E-state index contributed by atoms with van der Waals surface area (Å²) < 4.78 is 26.3. The van der Waals surface area contributed by atoms with Crippen molar-refractivity contribution in [3.63, 3.8) is 0 Å². The van der Waals surface area contributed by atoms with Crippen molar-refractivity contribution in [1.82, 2.24) is 5.32 Å². The Labute approximate surface area is 102 Å². The summed E-state index contributed by atoms with van der Waals surface area (Å²) in [6.45, 7) is 7.13. The second kappa shape index (κ2) is 6.70. The van der Waals surface area contributed by atoms with E-state index < -0.39 is 11.6 Å². The molecule has 0 saturated carbocycles. The molecule has 0 fully saturated rings. The van der Waals surface area contributed by atoms with Gasteiger partial charge >= 0.3 is 0 Å². The Balaban J connectivity index is 2.60. The van der Waals surface area contributed by atoms with E-state index >= 15 is 0 Å². The van der Waals surface area contributed by atoms with Gasteiger partial charge in [-0.15, -0.1) is 0 Å². The van der Waals surface area contributed by atoms with Crippen molar-refractivity contribution < 1.29 is 8.78 Å². The lowest BCUT2D eigenvalue weighted by molar-refractivity contribution is 0.428. The van der Waals surface area contributed by atoms with E-state index in [0.717, 1.165) is 19.0 Å². The molecule has 1 rings (SSSR count). The highest BCUT2D eigenvalue weighted by molar-refractivity contribution is 5.19. The fourth-order valence-corrected chi connectivity index (χ4v) is 1.76. The molecule has 1 nitrogen and oxygen atoms in total. The molecule has 0 amide bonds. The predicted octanol–water partition coefficient (Wildman–Crippen LogP) is 3.53. The Morgan fingerprint density at radius 1 is 1.24 bits per heavy atom. The number of hydrogen-bond acceptors (Lipinski definition) is 1. The summed E-state index contributed by atoms with van der Waals surface area (Å²) >= 11 is 0. The first-order valence-electron chi connectivity index (χ1n) is 6.20. The van der Waals surface area contributed by atoms with Crippen molar-refractivity contribution in [2.24, 2.45) is 5.92 Å². The van der Waals surface area contributed by atoms with Crippen LogP contribution in [0.2, 0.25) is 0 Å². The number of hydrogen-bond donors (Lipinski definition) is 1. The third kappa shape index (κ3) is 4.82. The van der Waals surface area contributed by atoms with Crippen molar-refractivity contribution in [3.8, 4) is 0 Å². The van der Waals surface area contributed by atoms with Gasteiger partial charge in [0, 0.05) is 12.1 Å². The molecule has 0 saturated heterocycles. The third-order valence-corrected chi connectivity index (χ3v) is 2.92. The molecule has 1 unspecified atom stereocenters. The van der Waals surface area contributed by atoms with Gasteiger partial charge in [-0.2, -0.15) is 0 Å². The van der Waals surface area contributed by atoms with Crippen LogP contribution < -0.4 is 5.32 Å². The SMILES string of the molecule is CCC(CNC(C)C)Cc1ccc(F)cc1F. The molecular formula is C14H21F2N. The summed E-state index contributed by atoms with van der Waals surface area (Å²) in [5, 5.41) is 3.35. The van der Waals surface area contributed by atoms with Crippen LogP contribution >= 0.6 is 0 Å².